The summed E-state index contributed by atoms with van der Waals surface area (Å²) >= 11 is 0. The summed E-state index contributed by atoms with van der Waals surface area (Å²) in [7, 11) is 0. The second kappa shape index (κ2) is 13.4. The quantitative estimate of drug-likeness (QED) is 0.101. The molecule has 0 unspecified atom stereocenters. The Morgan fingerprint density at radius 1 is 0.275 bits per heavy atom. The van der Waals surface area contributed by atoms with Gasteiger partial charge in [0.05, 0.1) is 5.69 Å². The highest BCUT2D eigenvalue weighted by Gasteiger charge is 2.27. The lowest BCUT2D eigenvalue weighted by Gasteiger charge is -2.29. The molecule has 0 saturated heterocycles. The Morgan fingerprint density at radius 3 is 0.745 bits per heavy atom. The number of hydrogen-bond donors (Lipinski definition) is 6. The fraction of sp³-hybridized carbons (Fsp3) is 0. The third-order valence-electron chi connectivity index (χ3n) is 7.19. The molecule has 51 heavy (non-hydrogen) atoms. The molecule has 16 heteroatoms. The van der Waals surface area contributed by atoms with E-state index >= 15 is 0 Å². The van der Waals surface area contributed by atoms with Gasteiger partial charge in [0.15, 0.2) is 0 Å². The first-order valence-corrected chi connectivity index (χ1v) is 15.1. The van der Waals surface area contributed by atoms with Gasteiger partial charge in [-0.15, -0.1) is 0 Å². The van der Waals surface area contributed by atoms with Gasteiger partial charge < -0.3 is 30.6 Å². The van der Waals surface area contributed by atoms with E-state index < -0.39 is 0 Å². The van der Waals surface area contributed by atoms with Gasteiger partial charge in [0.1, 0.15) is 46.5 Å². The molecule has 0 aliphatic heterocycles. The van der Waals surface area contributed by atoms with Crippen LogP contribution in [-0.2, 0) is 0 Å². The van der Waals surface area contributed by atoms with Gasteiger partial charge in [0, 0.05) is 48.5 Å². The number of rotatable bonds is 9. The Hall–Kier alpha value is -7.75. The molecule has 0 spiro atoms. The molecule has 0 aromatic carbocycles. The number of aromatic nitrogens is 7. The lowest BCUT2D eigenvalue weighted by molar-refractivity contribution is 0.452. The molecule has 0 bridgehead atoms. The Labute approximate surface area is 288 Å². The largest absolute Gasteiger partial charge is 0.493 e. The molecule has 0 aliphatic carbocycles. The maximum Gasteiger partial charge on any atom is 0.212 e. The average molecular weight is 683 g/mol. The van der Waals surface area contributed by atoms with Crippen LogP contribution < -0.4 is 14.7 Å². The number of pyridine rings is 7. The smallest absolute Gasteiger partial charge is 0.212 e. The van der Waals surface area contributed by atoms with E-state index in [4.69, 9.17) is 4.98 Å². The molecule has 0 fully saturated rings. The maximum atomic E-state index is 10.4. The molecular formula is C35H26N10O6. The van der Waals surface area contributed by atoms with E-state index in [1.54, 1.807) is 84.9 Å². The van der Waals surface area contributed by atoms with E-state index in [0.717, 1.165) is 0 Å². The summed E-state index contributed by atoms with van der Waals surface area (Å²) in [5.41, 5.74) is 0.293. The number of aromatic hydroxyl groups is 6. The molecule has 7 rings (SSSR count). The Morgan fingerprint density at radius 2 is 0.510 bits per heavy atom. The minimum atomic E-state index is -0.307. The van der Waals surface area contributed by atoms with Crippen molar-refractivity contribution in [1.29, 1.82) is 0 Å². The normalized spacial score (nSPS) is 10.8. The summed E-state index contributed by atoms with van der Waals surface area (Å²) in [4.78, 5) is 35.2. The van der Waals surface area contributed by atoms with Gasteiger partial charge >= 0.3 is 0 Å². The SMILES string of the molecule is Oc1cccc(N(c2cc(N(c3cccc(O)n3)c3cccc(O)n3)nc(N(c3cccc(O)n3)c3cccc(O)n3)c2)c2cccc(O)n2)n1. The highest BCUT2D eigenvalue weighted by molar-refractivity contribution is 5.83. The van der Waals surface area contributed by atoms with Crippen molar-refractivity contribution >= 4 is 52.2 Å². The fourth-order valence-electron chi connectivity index (χ4n) is 5.15. The van der Waals surface area contributed by atoms with Gasteiger partial charge in [0.2, 0.25) is 35.3 Å². The Balaban J connectivity index is 1.57. The summed E-state index contributed by atoms with van der Waals surface area (Å²) in [6.07, 6.45) is 0. The van der Waals surface area contributed by atoms with Crippen LogP contribution >= 0.6 is 0 Å². The zero-order chi connectivity index (χ0) is 35.5. The van der Waals surface area contributed by atoms with Crippen LogP contribution in [0.15, 0.2) is 121 Å². The number of hydrogen-bond acceptors (Lipinski definition) is 16. The zero-order valence-electron chi connectivity index (χ0n) is 26.2. The Kier molecular flexibility index (Phi) is 8.36. The van der Waals surface area contributed by atoms with Crippen molar-refractivity contribution in [2.75, 3.05) is 14.7 Å². The van der Waals surface area contributed by atoms with Gasteiger partial charge in [0.25, 0.3) is 0 Å². The number of anilines is 9. The Bertz CT molecular complexity index is 1960. The van der Waals surface area contributed by atoms with Crippen LogP contribution in [0.2, 0.25) is 0 Å². The van der Waals surface area contributed by atoms with Crippen LogP contribution in [0.1, 0.15) is 0 Å². The average Bonchev–Trinajstić information content (AvgIpc) is 3.09. The van der Waals surface area contributed by atoms with Crippen molar-refractivity contribution in [1.82, 2.24) is 34.9 Å². The molecule has 0 radical (unpaired) electrons. The van der Waals surface area contributed by atoms with Crippen molar-refractivity contribution in [3.63, 3.8) is 0 Å². The molecule has 16 nitrogen and oxygen atoms in total. The molecule has 0 saturated carbocycles. The van der Waals surface area contributed by atoms with Crippen LogP contribution in [0, 0.1) is 0 Å². The van der Waals surface area contributed by atoms with E-state index in [-0.39, 0.29) is 81.8 Å². The van der Waals surface area contributed by atoms with Crippen LogP contribution in [0.4, 0.5) is 52.2 Å². The predicted molar refractivity (Wildman–Crippen MR) is 185 cm³/mol. The summed E-state index contributed by atoms with van der Waals surface area (Å²) in [5.74, 6) is -0.629. The van der Waals surface area contributed by atoms with Crippen LogP contribution in [0.5, 0.6) is 35.3 Å². The van der Waals surface area contributed by atoms with E-state index in [1.165, 1.54) is 51.1 Å². The first-order chi connectivity index (χ1) is 24.7. The van der Waals surface area contributed by atoms with Gasteiger partial charge in [-0.25, -0.2) is 4.98 Å². The molecule has 252 valence electrons. The van der Waals surface area contributed by atoms with E-state index in [2.05, 4.69) is 29.9 Å². The summed E-state index contributed by atoms with van der Waals surface area (Å²) in [5, 5.41) is 62.6. The summed E-state index contributed by atoms with van der Waals surface area (Å²) in [6.45, 7) is 0. The molecule has 0 aliphatic rings. The second-order valence-corrected chi connectivity index (χ2v) is 10.7. The highest BCUT2D eigenvalue weighted by Crippen LogP contribution is 2.43. The predicted octanol–water partition coefficient (Wildman–Crippen LogP) is 6.09. The van der Waals surface area contributed by atoms with Crippen molar-refractivity contribution in [3.8, 4) is 35.3 Å². The van der Waals surface area contributed by atoms with Gasteiger partial charge in [-0.3, -0.25) is 14.7 Å². The fourth-order valence-corrected chi connectivity index (χ4v) is 5.15. The molecule has 6 N–H and O–H groups in total. The van der Waals surface area contributed by atoms with Crippen LogP contribution in [0.25, 0.3) is 0 Å². The molecule has 7 aromatic rings. The van der Waals surface area contributed by atoms with Gasteiger partial charge in [-0.05, 0) is 36.4 Å². The van der Waals surface area contributed by atoms with Gasteiger partial charge in [-0.2, -0.15) is 29.9 Å². The first kappa shape index (κ1) is 31.8. The highest BCUT2D eigenvalue weighted by atomic mass is 16.3. The minimum absolute atomic E-state index is 0.106. The standard InChI is InChI=1S/C35H26N10O6/c46-30-13-1-7-22(37-30)43(23-8-2-14-31(47)38-23)21-19-28(44(24-9-3-15-32(48)39-24)25-10-4-16-33(49)40-25)36-29(20-21)45(26-11-5-17-34(50)41-26)27-12-6-18-35(51)42-27/h1-20H,(H,37,46)(H,38,47)(H,39,48)(H,40,49)(H,41,50)(H,42,51). The topological polar surface area (TPSA) is 221 Å². The maximum absolute atomic E-state index is 10.4. The first-order valence-electron chi connectivity index (χ1n) is 15.1. The second-order valence-electron chi connectivity index (χ2n) is 10.7. The third-order valence-corrected chi connectivity index (χ3v) is 7.19. The molecular weight excluding hydrogens is 656 g/mol. The summed E-state index contributed by atoms with van der Waals surface area (Å²) in [6, 6.07) is 30.6. The lowest BCUT2D eigenvalue weighted by atomic mass is 10.2. The van der Waals surface area contributed by atoms with Crippen molar-refractivity contribution in [3.05, 3.63) is 121 Å². The van der Waals surface area contributed by atoms with Gasteiger partial charge in [-0.1, -0.05) is 36.4 Å². The third kappa shape index (κ3) is 6.81. The number of nitrogens with zero attached hydrogens (tertiary/aromatic N) is 10. The van der Waals surface area contributed by atoms with Crippen molar-refractivity contribution in [2.24, 2.45) is 0 Å². The zero-order valence-corrected chi connectivity index (χ0v) is 26.2. The van der Waals surface area contributed by atoms with E-state index in [0.29, 0.717) is 5.69 Å². The lowest BCUT2D eigenvalue weighted by Crippen LogP contribution is -2.20. The molecule has 7 heterocycles. The summed E-state index contributed by atoms with van der Waals surface area (Å²) < 4.78 is 0. The van der Waals surface area contributed by atoms with Crippen LogP contribution in [-0.4, -0.2) is 65.5 Å². The molecule has 0 amide bonds. The monoisotopic (exact) mass is 682 g/mol. The molecule has 7 aromatic heterocycles. The minimum Gasteiger partial charge on any atom is -0.493 e. The molecule has 0 atom stereocenters. The van der Waals surface area contributed by atoms with E-state index in [1.807, 2.05) is 0 Å². The van der Waals surface area contributed by atoms with Crippen LogP contribution in [0.3, 0.4) is 0 Å². The van der Waals surface area contributed by atoms with E-state index in [9.17, 15) is 30.6 Å². The van der Waals surface area contributed by atoms with Crippen molar-refractivity contribution in [2.45, 2.75) is 0 Å². The van der Waals surface area contributed by atoms with Crippen molar-refractivity contribution < 1.29 is 30.6 Å².